The van der Waals surface area contributed by atoms with E-state index < -0.39 is 64.0 Å². The van der Waals surface area contributed by atoms with Crippen LogP contribution in [0.15, 0.2) is 77.7 Å². The summed E-state index contributed by atoms with van der Waals surface area (Å²) in [5.41, 5.74) is 4.54. The molecular weight excluding hydrogens is 889 g/mol. The molecule has 4 aromatic rings. The van der Waals surface area contributed by atoms with E-state index in [0.717, 1.165) is 33.2 Å². The molecule has 0 bridgehead atoms. The van der Waals surface area contributed by atoms with Crippen molar-refractivity contribution in [2.75, 3.05) is 30.4 Å². The number of nitrogens with one attached hydrogen (secondary N) is 3. The summed E-state index contributed by atoms with van der Waals surface area (Å²) in [6.45, 7) is 5.17. The summed E-state index contributed by atoms with van der Waals surface area (Å²) in [5, 5.41) is 18.8. The number of phenolic OH excluding ortho intramolecular Hbond substituents is 1. The third-order valence-corrected chi connectivity index (χ3v) is 15.1. The quantitative estimate of drug-likeness (QED) is 0.0661. The number of hydrogen-bond donors (Lipinski definition) is 4. The maximum Gasteiger partial charge on any atom is 0.264 e. The predicted molar refractivity (Wildman–Crippen MR) is 255 cm³/mol. The van der Waals surface area contributed by atoms with Crippen molar-refractivity contribution in [3.63, 3.8) is 0 Å². The van der Waals surface area contributed by atoms with Gasteiger partial charge in [0.05, 0.1) is 40.4 Å². The molecule has 0 aromatic heterocycles. The van der Waals surface area contributed by atoms with E-state index in [4.69, 9.17) is 0 Å². The molecule has 2 fully saturated rings. The Kier molecular flexibility index (Phi) is 15.2. The van der Waals surface area contributed by atoms with Crippen LogP contribution in [-0.2, 0) is 35.7 Å². The molecule has 1 atom stereocenters. The van der Waals surface area contributed by atoms with Crippen LogP contribution >= 0.6 is 0 Å². The number of likely N-dealkylation sites (N-methyl/N-ethyl adjacent to an activating group) is 1. The highest BCUT2D eigenvalue weighted by Gasteiger charge is 2.45. The molecule has 4 N–H and O–H groups in total. The Balaban J connectivity index is 0.950. The van der Waals surface area contributed by atoms with Crippen LogP contribution in [0, 0.1) is 20.8 Å². The second kappa shape index (κ2) is 21.1. The second-order valence-electron chi connectivity index (χ2n) is 18.0. The molecule has 1 saturated carbocycles. The number of nitrogens with zero attached hydrogens (tertiary/aromatic N) is 3. The number of unbranched alkanes of at least 4 members (excludes halogenated alkanes) is 2. The number of aryl methyl sites for hydroxylation is 3. The van der Waals surface area contributed by atoms with Gasteiger partial charge in [0.2, 0.25) is 33.7 Å². The number of anilines is 2. The van der Waals surface area contributed by atoms with Crippen molar-refractivity contribution in [1.82, 2.24) is 19.8 Å². The van der Waals surface area contributed by atoms with Gasteiger partial charge in [0.1, 0.15) is 11.8 Å². The van der Waals surface area contributed by atoms with Gasteiger partial charge >= 0.3 is 0 Å². The molecule has 3 aliphatic rings. The van der Waals surface area contributed by atoms with Crippen LogP contribution in [0.1, 0.15) is 135 Å². The summed E-state index contributed by atoms with van der Waals surface area (Å²) in [6, 6.07) is 19.3. The number of benzene rings is 4. The minimum atomic E-state index is -4.07. The van der Waals surface area contributed by atoms with E-state index in [1.807, 2.05) is 19.1 Å². The fourth-order valence-electron chi connectivity index (χ4n) is 9.52. The zero-order chi connectivity index (χ0) is 48.9. The molecule has 0 radical (unpaired) electrons. The number of hydrogen-bond acceptors (Lipinski definition) is 10. The first-order chi connectivity index (χ1) is 32.4. The summed E-state index contributed by atoms with van der Waals surface area (Å²) in [4.78, 5) is 93.4. The Hall–Kier alpha value is -6.72. The fourth-order valence-corrected chi connectivity index (χ4v) is 11.0. The van der Waals surface area contributed by atoms with Gasteiger partial charge in [-0.25, -0.2) is 8.42 Å². The Bertz CT molecular complexity index is 2740. The Morgan fingerprint density at radius 1 is 0.838 bits per heavy atom. The lowest BCUT2D eigenvalue weighted by Crippen LogP contribution is -2.54. The average Bonchev–Trinajstić information content (AvgIpc) is 3.55. The summed E-state index contributed by atoms with van der Waals surface area (Å²) < 4.78 is 28.8. The lowest BCUT2D eigenvalue weighted by Gasteiger charge is -2.27. The number of phenols is 1. The van der Waals surface area contributed by atoms with Crippen molar-refractivity contribution < 1.29 is 47.1 Å². The summed E-state index contributed by atoms with van der Waals surface area (Å²) in [5.74, 6) is -4.00. The molecule has 1 unspecified atom stereocenters. The summed E-state index contributed by atoms with van der Waals surface area (Å²) in [7, 11) is -2.70. The first-order valence-corrected chi connectivity index (χ1v) is 24.6. The fraction of sp³-hybridized carbons (Fsp3) is 0.392. The van der Waals surface area contributed by atoms with Gasteiger partial charge in [0.25, 0.3) is 17.7 Å². The molecule has 68 heavy (non-hydrogen) atoms. The number of imide groups is 2. The van der Waals surface area contributed by atoms with Crippen molar-refractivity contribution in [3.05, 3.63) is 117 Å². The van der Waals surface area contributed by atoms with Gasteiger partial charge in [0, 0.05) is 38.2 Å². The van der Waals surface area contributed by atoms with Crippen molar-refractivity contribution in [2.45, 2.75) is 115 Å². The van der Waals surface area contributed by atoms with Gasteiger partial charge in [-0.2, -0.15) is 4.31 Å². The molecule has 0 spiro atoms. The molecule has 358 valence electrons. The number of fused-ring (bicyclic) bond motifs is 1. The SMILES string of the molecule is Cc1cc(C)c(S(=O)(=O)N(C)CC(=O)N(Cc2ccc(C3CCCCC3)cc2)c2ccc(C(=O)NCCCCCC(=O)Nc3cccc4c3C(=O)N(C3CCC(=O)NC3=O)C4=O)c(O)c2)c(C)c1. The zero-order valence-corrected chi connectivity index (χ0v) is 39.7. The molecular formula is C51H58N6O10S. The van der Waals surface area contributed by atoms with Crippen molar-refractivity contribution in [3.8, 4) is 5.75 Å². The topological polar surface area (TPSA) is 220 Å². The van der Waals surface area contributed by atoms with Crippen molar-refractivity contribution in [2.24, 2.45) is 0 Å². The van der Waals surface area contributed by atoms with Crippen molar-refractivity contribution in [1.29, 1.82) is 0 Å². The number of sulfonamides is 1. The first-order valence-electron chi connectivity index (χ1n) is 23.1. The van der Waals surface area contributed by atoms with Crippen LogP contribution in [-0.4, -0.2) is 90.3 Å². The van der Waals surface area contributed by atoms with E-state index in [2.05, 4.69) is 28.1 Å². The second-order valence-corrected chi connectivity index (χ2v) is 20.0. The molecule has 7 amide bonds. The average molecular weight is 947 g/mol. The van der Waals surface area contributed by atoms with E-state index in [0.29, 0.717) is 36.3 Å². The molecule has 7 rings (SSSR count). The summed E-state index contributed by atoms with van der Waals surface area (Å²) >= 11 is 0. The van der Waals surface area contributed by atoms with Gasteiger partial charge < -0.3 is 20.6 Å². The molecule has 1 aliphatic carbocycles. The normalized spacial score (nSPS) is 16.4. The number of carbonyl (C=O) groups is 7. The zero-order valence-electron chi connectivity index (χ0n) is 38.9. The molecule has 2 heterocycles. The minimum Gasteiger partial charge on any atom is -0.507 e. The highest BCUT2D eigenvalue weighted by atomic mass is 32.2. The Labute approximate surface area is 396 Å². The van der Waals surface area contributed by atoms with Crippen LogP contribution in [0.4, 0.5) is 11.4 Å². The van der Waals surface area contributed by atoms with E-state index in [9.17, 15) is 47.1 Å². The summed E-state index contributed by atoms with van der Waals surface area (Å²) in [6.07, 6.45) is 7.42. The monoisotopic (exact) mass is 946 g/mol. The third-order valence-electron chi connectivity index (χ3n) is 13.0. The van der Waals surface area contributed by atoms with E-state index in [1.54, 1.807) is 32.0 Å². The van der Waals surface area contributed by atoms with Crippen LogP contribution in [0.3, 0.4) is 0 Å². The smallest absolute Gasteiger partial charge is 0.264 e. The molecule has 17 heteroatoms. The van der Waals surface area contributed by atoms with E-state index in [1.165, 1.54) is 67.1 Å². The van der Waals surface area contributed by atoms with Gasteiger partial charge in [-0.3, -0.25) is 43.8 Å². The van der Waals surface area contributed by atoms with Gasteiger partial charge in [-0.1, -0.05) is 73.7 Å². The van der Waals surface area contributed by atoms with Crippen LogP contribution < -0.4 is 20.9 Å². The van der Waals surface area contributed by atoms with Gasteiger partial charge in [-0.05, 0) is 105 Å². The number of piperidine rings is 1. The lowest BCUT2D eigenvalue weighted by atomic mass is 9.84. The van der Waals surface area contributed by atoms with Crippen molar-refractivity contribution >= 4 is 62.7 Å². The molecule has 4 aromatic carbocycles. The molecule has 2 aliphatic heterocycles. The highest BCUT2D eigenvalue weighted by molar-refractivity contribution is 7.89. The van der Waals surface area contributed by atoms with Crippen LogP contribution in [0.2, 0.25) is 0 Å². The number of rotatable bonds is 17. The van der Waals surface area contributed by atoms with E-state index in [-0.39, 0.29) is 71.1 Å². The number of amides is 7. The lowest BCUT2D eigenvalue weighted by molar-refractivity contribution is -0.136. The van der Waals surface area contributed by atoms with Crippen LogP contribution in [0.25, 0.3) is 0 Å². The van der Waals surface area contributed by atoms with Crippen LogP contribution in [0.5, 0.6) is 5.75 Å². The number of aromatic hydroxyl groups is 1. The molecule has 16 nitrogen and oxygen atoms in total. The van der Waals surface area contributed by atoms with Gasteiger partial charge in [0.15, 0.2) is 0 Å². The highest BCUT2D eigenvalue weighted by Crippen LogP contribution is 2.35. The largest absolute Gasteiger partial charge is 0.507 e. The Morgan fingerprint density at radius 2 is 1.54 bits per heavy atom. The molecule has 1 saturated heterocycles. The van der Waals surface area contributed by atoms with Gasteiger partial charge in [-0.15, -0.1) is 0 Å². The van der Waals surface area contributed by atoms with E-state index >= 15 is 0 Å². The maximum atomic E-state index is 14.2. The predicted octanol–water partition coefficient (Wildman–Crippen LogP) is 6.55. The first kappa shape index (κ1) is 49.2. The maximum absolute atomic E-state index is 14.2. The Morgan fingerprint density at radius 3 is 2.22 bits per heavy atom. The third kappa shape index (κ3) is 10.8. The number of carbonyl (C=O) groups excluding carboxylic acids is 7. The standard InChI is InChI=1S/C51H58N6O10S/c1-31-26-32(2)47(33(3)27-31)68(66,67)55(4)30-45(61)56(29-34-17-19-36(20-18-34)35-12-7-5-8-13-35)37-21-22-38(42(58)28-37)48(62)52-25-10-6-9-16-43(59)53-40-15-11-14-39-46(40)51(65)57(50(39)64)41-23-24-44(60)54-49(41)63/h11,14-15,17-22,26-28,35,41,58H,5-10,12-13,16,23-25,29-30H2,1-4H3,(H,52,62)(H,53,59)(H,54,60,63). The minimum absolute atomic E-state index is 0.00765.